The number of carbonyl (C=O) groups excluding carboxylic acids is 3. The van der Waals surface area contributed by atoms with Crippen LogP contribution in [0.4, 0.5) is 14.5 Å². The number of nitrogens with zero attached hydrogens (tertiary/aromatic N) is 5. The average molecular weight is 623 g/mol. The highest BCUT2D eigenvalue weighted by atomic mass is 35.5. The molecule has 5 rings (SSSR count). The number of hydrogen-bond donors (Lipinski definition) is 3. The van der Waals surface area contributed by atoms with Crippen LogP contribution in [0.25, 0.3) is 23.0 Å². The van der Waals surface area contributed by atoms with Crippen LogP contribution in [0.1, 0.15) is 35.8 Å². The van der Waals surface area contributed by atoms with E-state index in [1.54, 1.807) is 36.4 Å². The first-order valence-electron chi connectivity index (χ1n) is 13.2. The monoisotopic (exact) mass is 622 g/mol. The molecule has 0 unspecified atom stereocenters. The van der Waals surface area contributed by atoms with Gasteiger partial charge in [0.25, 0.3) is 5.91 Å². The second-order valence-corrected chi connectivity index (χ2v) is 10.2. The summed E-state index contributed by atoms with van der Waals surface area (Å²) in [5.41, 5.74) is 2.40. The number of amides is 2. The van der Waals surface area contributed by atoms with Gasteiger partial charge in [0.05, 0.1) is 42.8 Å². The number of H-pyrrole nitrogens is 1. The van der Waals surface area contributed by atoms with Crippen LogP contribution in [0.3, 0.4) is 0 Å². The molecule has 0 fully saturated rings. The highest BCUT2D eigenvalue weighted by Gasteiger charge is 2.38. The normalized spacial score (nSPS) is 17.0. The number of anilines is 1. The largest absolute Gasteiger partial charge is 0.469 e. The Labute approximate surface area is 254 Å². The zero-order valence-corrected chi connectivity index (χ0v) is 23.9. The molecule has 1 aliphatic heterocycles. The number of fused-ring (bicyclic) bond motifs is 4. The second-order valence-electron chi connectivity index (χ2n) is 9.74. The highest BCUT2D eigenvalue weighted by Crippen LogP contribution is 2.32. The number of carbonyl (C=O) groups is 3. The molecule has 2 bridgehead atoms. The summed E-state index contributed by atoms with van der Waals surface area (Å²) in [6, 6.07) is 8.89. The Balaban J connectivity index is 1.44. The van der Waals surface area contributed by atoms with Gasteiger partial charge in [0.1, 0.15) is 12.2 Å². The van der Waals surface area contributed by atoms with Gasteiger partial charge in [0.15, 0.2) is 0 Å². The lowest BCUT2D eigenvalue weighted by molar-refractivity contribution is -0.140. The molecular weight excluding hydrogens is 598 g/mol. The fourth-order valence-corrected chi connectivity index (χ4v) is 4.64. The third-order valence-electron chi connectivity index (χ3n) is 6.69. The number of hydrogen-bond acceptors (Lipinski definition) is 8. The Kier molecular flexibility index (Phi) is 8.90. The van der Waals surface area contributed by atoms with Crippen LogP contribution in [0.15, 0.2) is 67.2 Å². The Bertz CT molecular complexity index is 1750. The Morgan fingerprint density at radius 2 is 2.07 bits per heavy atom. The molecule has 0 saturated heterocycles. The lowest BCUT2D eigenvalue weighted by atomic mass is 10.0. The van der Waals surface area contributed by atoms with Gasteiger partial charge in [-0.2, -0.15) is 13.5 Å². The Morgan fingerprint density at radius 1 is 1.23 bits per heavy atom. The van der Waals surface area contributed by atoms with Crippen molar-refractivity contribution in [2.45, 2.75) is 31.2 Å². The lowest BCUT2D eigenvalue weighted by Gasteiger charge is -2.17. The molecule has 0 saturated carbocycles. The smallest absolute Gasteiger partial charge is 0.328 e. The summed E-state index contributed by atoms with van der Waals surface area (Å²) in [4.78, 5) is 45.0. The minimum Gasteiger partial charge on any atom is -0.469 e. The molecule has 3 N–H and O–H groups in total. The Hall–Kier alpha value is -5.24. The Morgan fingerprint density at radius 3 is 2.84 bits per heavy atom. The van der Waals surface area contributed by atoms with Crippen molar-refractivity contribution >= 4 is 41.1 Å². The first kappa shape index (κ1) is 30.2. The summed E-state index contributed by atoms with van der Waals surface area (Å²) in [5.74, 6) is -5.91. The molecule has 1 aliphatic rings. The van der Waals surface area contributed by atoms with E-state index in [4.69, 9.17) is 16.3 Å². The summed E-state index contributed by atoms with van der Waals surface area (Å²) in [5, 5.41) is 16.7. The molecule has 0 aliphatic carbocycles. The van der Waals surface area contributed by atoms with E-state index >= 15 is 0 Å². The number of imidazole rings is 1. The van der Waals surface area contributed by atoms with E-state index in [2.05, 4.69) is 36.1 Å². The van der Waals surface area contributed by atoms with Gasteiger partial charge >= 0.3 is 11.9 Å². The van der Waals surface area contributed by atoms with E-state index in [0.717, 1.165) is 0 Å². The average Bonchev–Trinajstić information content (AvgIpc) is 3.71. The molecule has 2 aromatic heterocycles. The molecule has 44 heavy (non-hydrogen) atoms. The SMILES string of the molecule is COC(=O)Cc1ccc2c(c1)NC(=O)C(F)(F)C/C=C/C[C@H](NC(=O)/C=C/c1cc(Cl)ccc1-n1cnnn1)c1ncc-2[nH]1. The van der Waals surface area contributed by atoms with Crippen molar-refractivity contribution in [2.75, 3.05) is 12.4 Å². The van der Waals surface area contributed by atoms with Gasteiger partial charge in [-0.25, -0.2) is 4.98 Å². The fourth-order valence-electron chi connectivity index (χ4n) is 4.46. The summed E-state index contributed by atoms with van der Waals surface area (Å²) < 4.78 is 35.7. The van der Waals surface area contributed by atoms with Crippen LogP contribution in [0, 0.1) is 0 Å². The van der Waals surface area contributed by atoms with Crippen LogP contribution in [-0.4, -0.2) is 61.0 Å². The molecular formula is C29H25ClF2N8O4. The number of aromatic amines is 1. The summed E-state index contributed by atoms with van der Waals surface area (Å²) >= 11 is 6.16. The van der Waals surface area contributed by atoms with E-state index in [0.29, 0.717) is 38.9 Å². The molecule has 0 radical (unpaired) electrons. The van der Waals surface area contributed by atoms with Gasteiger partial charge < -0.3 is 20.4 Å². The number of alkyl halides is 2. The van der Waals surface area contributed by atoms with Gasteiger partial charge in [-0.15, -0.1) is 5.10 Å². The third kappa shape index (κ3) is 7.03. The van der Waals surface area contributed by atoms with Crippen molar-refractivity contribution in [3.8, 4) is 16.9 Å². The summed E-state index contributed by atoms with van der Waals surface area (Å²) in [6.45, 7) is 0. The van der Waals surface area contributed by atoms with Gasteiger partial charge in [0.2, 0.25) is 5.91 Å². The maximum atomic E-state index is 14.8. The van der Waals surface area contributed by atoms with Crippen molar-refractivity contribution in [1.29, 1.82) is 0 Å². The maximum Gasteiger partial charge on any atom is 0.328 e. The molecule has 3 heterocycles. The van der Waals surface area contributed by atoms with Crippen molar-refractivity contribution in [3.63, 3.8) is 0 Å². The van der Waals surface area contributed by atoms with Crippen LogP contribution < -0.4 is 10.6 Å². The van der Waals surface area contributed by atoms with Gasteiger partial charge in [0, 0.05) is 28.6 Å². The molecule has 4 aromatic rings. The number of tetrazole rings is 1. The quantitative estimate of drug-likeness (QED) is 0.164. The summed E-state index contributed by atoms with van der Waals surface area (Å²) in [6.07, 6.45) is 7.44. The van der Waals surface area contributed by atoms with Gasteiger partial charge in [-0.3, -0.25) is 14.4 Å². The molecule has 2 aromatic carbocycles. The summed E-state index contributed by atoms with van der Waals surface area (Å²) in [7, 11) is 1.23. The van der Waals surface area contributed by atoms with E-state index in [-0.39, 0.29) is 18.5 Å². The number of halogens is 3. The number of ether oxygens (including phenoxy) is 1. The molecule has 0 spiro atoms. The van der Waals surface area contributed by atoms with E-state index in [1.807, 2.05) is 0 Å². The predicted molar refractivity (Wildman–Crippen MR) is 156 cm³/mol. The number of nitrogens with one attached hydrogen (secondary N) is 3. The van der Waals surface area contributed by atoms with E-state index in [1.165, 1.54) is 48.6 Å². The van der Waals surface area contributed by atoms with Gasteiger partial charge in [-0.05, 0) is 52.8 Å². The number of allylic oxidation sites excluding steroid dienone is 1. The van der Waals surface area contributed by atoms with Crippen LogP contribution in [0.5, 0.6) is 0 Å². The third-order valence-corrected chi connectivity index (χ3v) is 6.92. The molecule has 226 valence electrons. The van der Waals surface area contributed by atoms with Gasteiger partial charge in [-0.1, -0.05) is 35.9 Å². The first-order valence-corrected chi connectivity index (χ1v) is 13.6. The number of esters is 1. The van der Waals surface area contributed by atoms with Crippen molar-refractivity contribution in [2.24, 2.45) is 0 Å². The zero-order valence-electron chi connectivity index (χ0n) is 23.1. The first-order chi connectivity index (χ1) is 21.1. The lowest BCUT2D eigenvalue weighted by Crippen LogP contribution is -2.34. The van der Waals surface area contributed by atoms with Crippen LogP contribution in [-0.2, 0) is 25.5 Å². The van der Waals surface area contributed by atoms with Crippen LogP contribution in [0.2, 0.25) is 5.02 Å². The standard InChI is InChI=1S/C29H25ClF2N8O4/c1-44-26(42)13-17-5-8-20-22(12-17)37-28(43)29(31,32)11-3-2-4-21(27-33-15-23(20)36-27)35-25(41)10-6-18-14-19(30)7-9-24(18)40-16-34-38-39-40/h2-3,5-10,12,14-16,21H,4,11,13H2,1H3,(H,33,36)(H,35,41)(H,37,43)/b3-2+,10-6+/t21-/m0/s1. The highest BCUT2D eigenvalue weighted by molar-refractivity contribution is 6.30. The van der Waals surface area contributed by atoms with E-state index in [9.17, 15) is 23.2 Å². The van der Waals surface area contributed by atoms with Crippen molar-refractivity contribution < 1.29 is 27.9 Å². The number of rotatable bonds is 6. The van der Waals surface area contributed by atoms with Crippen molar-refractivity contribution in [1.82, 2.24) is 35.5 Å². The molecule has 12 nitrogen and oxygen atoms in total. The zero-order chi connectivity index (χ0) is 31.3. The van der Waals surface area contributed by atoms with Crippen molar-refractivity contribution in [3.05, 3.63) is 89.1 Å². The van der Waals surface area contributed by atoms with E-state index < -0.39 is 36.2 Å². The molecule has 1 atom stereocenters. The molecule has 2 amide bonds. The number of aromatic nitrogens is 6. The minimum atomic E-state index is -3.73. The minimum absolute atomic E-state index is 0.0536. The fraction of sp³-hybridized carbons (Fsp3) is 0.207. The van der Waals surface area contributed by atoms with Crippen LogP contribution >= 0.6 is 11.6 Å². The second kappa shape index (κ2) is 13.0. The predicted octanol–water partition coefficient (Wildman–Crippen LogP) is 4.22. The maximum absolute atomic E-state index is 14.8. The number of methoxy groups -OCH3 is 1. The topological polar surface area (TPSA) is 157 Å². The number of benzene rings is 2. The molecule has 15 heteroatoms.